The Labute approximate surface area is 188 Å². The van der Waals surface area contributed by atoms with Crippen LogP contribution in [0.3, 0.4) is 0 Å². The molecule has 3 N–H and O–H groups in total. The first kappa shape index (κ1) is 20.0. The number of nitrogens with zero attached hydrogens (tertiary/aromatic N) is 2. The van der Waals surface area contributed by atoms with E-state index >= 15 is 0 Å². The number of aromatic nitrogens is 2. The van der Waals surface area contributed by atoms with Gasteiger partial charge in [-0.15, -0.1) is 11.3 Å². The summed E-state index contributed by atoms with van der Waals surface area (Å²) in [6, 6.07) is 27.5. The van der Waals surface area contributed by atoms with E-state index in [4.69, 9.17) is 20.4 Å². The number of fused-ring (bicyclic) bond motifs is 1. The fraction of sp³-hybridized carbons (Fsp3) is 0.0800. The van der Waals surface area contributed by atoms with Gasteiger partial charge in [-0.25, -0.2) is 0 Å². The molecule has 1 atom stereocenters. The SMILES string of the molecule is N=C(N)c1cc2c(OC(Cc3noc(-c4ccccc4)n3)c3ccccc3)cccc2s1. The van der Waals surface area contributed by atoms with E-state index in [1.54, 1.807) is 0 Å². The molecule has 0 aliphatic carbocycles. The van der Waals surface area contributed by atoms with Crippen molar-refractivity contribution in [3.05, 3.63) is 101 Å². The van der Waals surface area contributed by atoms with Gasteiger partial charge in [0.2, 0.25) is 0 Å². The summed E-state index contributed by atoms with van der Waals surface area (Å²) < 4.78 is 13.0. The topological polar surface area (TPSA) is 98.0 Å². The van der Waals surface area contributed by atoms with E-state index in [0.29, 0.717) is 18.1 Å². The highest BCUT2D eigenvalue weighted by Gasteiger charge is 2.20. The molecule has 0 aliphatic heterocycles. The summed E-state index contributed by atoms with van der Waals surface area (Å²) in [5, 5.41) is 12.9. The summed E-state index contributed by atoms with van der Waals surface area (Å²) in [5.41, 5.74) is 7.59. The molecule has 158 valence electrons. The molecule has 1 unspecified atom stereocenters. The molecular weight excluding hydrogens is 420 g/mol. The molecule has 0 fully saturated rings. The molecule has 5 rings (SSSR count). The van der Waals surface area contributed by atoms with Gasteiger partial charge in [-0.3, -0.25) is 5.41 Å². The fourth-order valence-corrected chi connectivity index (χ4v) is 4.46. The molecule has 0 spiro atoms. The maximum atomic E-state index is 7.76. The molecule has 0 aliphatic rings. The lowest BCUT2D eigenvalue weighted by Crippen LogP contribution is -2.12. The van der Waals surface area contributed by atoms with Gasteiger partial charge in [0.15, 0.2) is 5.82 Å². The van der Waals surface area contributed by atoms with Gasteiger partial charge in [0, 0.05) is 15.6 Å². The third-order valence-corrected chi connectivity index (χ3v) is 6.22. The second kappa shape index (κ2) is 8.64. The average molecular weight is 441 g/mol. The van der Waals surface area contributed by atoms with Crippen molar-refractivity contribution in [3.63, 3.8) is 0 Å². The van der Waals surface area contributed by atoms with Gasteiger partial charge in [-0.2, -0.15) is 4.98 Å². The van der Waals surface area contributed by atoms with Crippen molar-refractivity contribution in [1.82, 2.24) is 10.1 Å². The minimum atomic E-state index is -0.316. The Morgan fingerprint density at radius 2 is 1.75 bits per heavy atom. The third-order valence-electron chi connectivity index (χ3n) is 5.08. The smallest absolute Gasteiger partial charge is 0.257 e. The Bertz CT molecular complexity index is 1360. The maximum absolute atomic E-state index is 7.76. The van der Waals surface area contributed by atoms with Gasteiger partial charge in [0.25, 0.3) is 5.89 Å². The molecule has 0 radical (unpaired) electrons. The van der Waals surface area contributed by atoms with E-state index in [2.05, 4.69) is 10.1 Å². The van der Waals surface area contributed by atoms with Crippen LogP contribution in [0.25, 0.3) is 21.5 Å². The summed E-state index contributed by atoms with van der Waals surface area (Å²) >= 11 is 1.48. The number of thiophene rings is 1. The zero-order chi connectivity index (χ0) is 21.9. The van der Waals surface area contributed by atoms with Crippen molar-refractivity contribution in [3.8, 4) is 17.2 Å². The summed E-state index contributed by atoms with van der Waals surface area (Å²) in [6.07, 6.45) is 0.129. The summed E-state index contributed by atoms with van der Waals surface area (Å²) in [4.78, 5) is 5.30. The maximum Gasteiger partial charge on any atom is 0.257 e. The number of amidine groups is 1. The summed E-state index contributed by atoms with van der Waals surface area (Å²) in [5.74, 6) is 1.84. The van der Waals surface area contributed by atoms with Gasteiger partial charge in [-0.05, 0) is 35.9 Å². The lowest BCUT2D eigenvalue weighted by Gasteiger charge is -2.19. The standard InChI is InChI=1S/C25H20N4O2S/c26-24(27)22-14-18-19(12-7-13-21(18)32-22)30-20(16-8-3-1-4-9-16)15-23-28-25(31-29-23)17-10-5-2-6-11-17/h1-14,20H,15H2,(H3,26,27). The molecule has 5 aromatic rings. The van der Waals surface area contributed by atoms with Crippen LogP contribution < -0.4 is 10.5 Å². The molecule has 2 aromatic heterocycles. The van der Waals surface area contributed by atoms with Crippen LogP contribution in [0, 0.1) is 5.41 Å². The van der Waals surface area contributed by atoms with E-state index in [1.807, 2.05) is 84.9 Å². The lowest BCUT2D eigenvalue weighted by atomic mass is 10.1. The van der Waals surface area contributed by atoms with Crippen molar-refractivity contribution >= 4 is 27.3 Å². The van der Waals surface area contributed by atoms with Gasteiger partial charge in [0.1, 0.15) is 17.7 Å². The average Bonchev–Trinajstić information content (AvgIpc) is 3.48. The quantitative estimate of drug-likeness (QED) is 0.254. The number of nitrogens with two attached hydrogens (primary N) is 1. The number of ether oxygens (including phenoxy) is 1. The van der Waals surface area contributed by atoms with Crippen molar-refractivity contribution in [2.45, 2.75) is 12.5 Å². The molecule has 0 amide bonds. The molecule has 6 nitrogen and oxygen atoms in total. The van der Waals surface area contributed by atoms with E-state index in [1.165, 1.54) is 11.3 Å². The van der Waals surface area contributed by atoms with E-state index in [-0.39, 0.29) is 11.9 Å². The van der Waals surface area contributed by atoms with E-state index < -0.39 is 0 Å². The zero-order valence-electron chi connectivity index (χ0n) is 17.1. The molecule has 0 saturated heterocycles. The monoisotopic (exact) mass is 440 g/mol. The molecule has 2 heterocycles. The number of nitrogen functional groups attached to an aromatic ring is 1. The number of benzene rings is 3. The van der Waals surface area contributed by atoms with E-state index in [0.717, 1.165) is 31.8 Å². The van der Waals surface area contributed by atoms with Crippen LogP contribution in [0.4, 0.5) is 0 Å². The minimum absolute atomic E-state index is 0.0528. The number of rotatable bonds is 7. The molecule has 32 heavy (non-hydrogen) atoms. The number of hydrogen-bond donors (Lipinski definition) is 2. The molecular formula is C25H20N4O2S. The van der Waals surface area contributed by atoms with Crippen LogP contribution >= 0.6 is 11.3 Å². The summed E-state index contributed by atoms with van der Waals surface area (Å²) in [6.45, 7) is 0. The first-order chi connectivity index (χ1) is 15.7. The molecule has 3 aromatic carbocycles. The van der Waals surface area contributed by atoms with Crippen molar-refractivity contribution < 1.29 is 9.26 Å². The van der Waals surface area contributed by atoms with E-state index in [9.17, 15) is 0 Å². The Hall–Kier alpha value is -3.97. The fourth-order valence-electron chi connectivity index (χ4n) is 3.52. The van der Waals surface area contributed by atoms with Crippen LogP contribution in [0.15, 0.2) is 89.5 Å². The number of hydrogen-bond acceptors (Lipinski definition) is 6. The largest absolute Gasteiger partial charge is 0.485 e. The van der Waals surface area contributed by atoms with Crippen LogP contribution in [-0.2, 0) is 6.42 Å². The lowest BCUT2D eigenvalue weighted by molar-refractivity contribution is 0.204. The summed E-state index contributed by atoms with van der Waals surface area (Å²) in [7, 11) is 0. The second-order valence-corrected chi connectivity index (χ2v) is 8.38. The minimum Gasteiger partial charge on any atom is -0.485 e. The molecule has 7 heteroatoms. The number of nitrogens with one attached hydrogen (secondary N) is 1. The highest BCUT2D eigenvalue weighted by Crippen LogP contribution is 2.35. The van der Waals surface area contributed by atoms with Crippen LogP contribution in [0.2, 0.25) is 0 Å². The van der Waals surface area contributed by atoms with Crippen LogP contribution in [-0.4, -0.2) is 16.0 Å². The predicted octanol–water partition coefficient (Wildman–Crippen LogP) is 5.60. The van der Waals surface area contributed by atoms with Gasteiger partial charge in [-0.1, -0.05) is 59.8 Å². The van der Waals surface area contributed by atoms with Crippen LogP contribution in [0.1, 0.15) is 22.4 Å². The Morgan fingerprint density at radius 1 is 1.00 bits per heavy atom. The third kappa shape index (κ3) is 4.10. The molecule has 0 bridgehead atoms. The van der Waals surface area contributed by atoms with Crippen molar-refractivity contribution in [2.75, 3.05) is 0 Å². The highest BCUT2D eigenvalue weighted by atomic mass is 32.1. The second-order valence-electron chi connectivity index (χ2n) is 7.30. The van der Waals surface area contributed by atoms with Gasteiger partial charge in [0.05, 0.1) is 11.3 Å². The Kier molecular flexibility index (Phi) is 5.39. The van der Waals surface area contributed by atoms with Crippen molar-refractivity contribution in [2.24, 2.45) is 5.73 Å². The highest BCUT2D eigenvalue weighted by molar-refractivity contribution is 7.20. The Morgan fingerprint density at radius 3 is 2.50 bits per heavy atom. The Balaban J connectivity index is 1.47. The normalized spacial score (nSPS) is 12.0. The predicted molar refractivity (Wildman–Crippen MR) is 126 cm³/mol. The zero-order valence-corrected chi connectivity index (χ0v) is 17.9. The first-order valence-corrected chi connectivity index (χ1v) is 11.0. The first-order valence-electron chi connectivity index (χ1n) is 10.1. The molecule has 0 saturated carbocycles. The van der Waals surface area contributed by atoms with Gasteiger partial charge >= 0.3 is 0 Å². The van der Waals surface area contributed by atoms with Gasteiger partial charge < -0.3 is 15.0 Å². The van der Waals surface area contributed by atoms with Crippen LogP contribution in [0.5, 0.6) is 5.75 Å². The van der Waals surface area contributed by atoms with Crippen molar-refractivity contribution in [1.29, 1.82) is 5.41 Å².